The van der Waals surface area contributed by atoms with Crippen molar-refractivity contribution in [1.82, 2.24) is 9.97 Å². The zero-order chi connectivity index (χ0) is 13.8. The van der Waals surface area contributed by atoms with Gasteiger partial charge >= 0.3 is 0 Å². The fraction of sp³-hybridized carbons (Fsp3) is 0.750. The Labute approximate surface area is 122 Å². The van der Waals surface area contributed by atoms with E-state index in [9.17, 15) is 0 Å². The minimum absolute atomic E-state index is 0.500. The molecule has 1 aromatic heterocycles. The van der Waals surface area contributed by atoms with Gasteiger partial charge in [0.1, 0.15) is 18.0 Å². The molecule has 2 aliphatic rings. The van der Waals surface area contributed by atoms with Crippen LogP contribution in [0.3, 0.4) is 0 Å². The molecule has 4 nitrogen and oxygen atoms in total. The van der Waals surface area contributed by atoms with Crippen molar-refractivity contribution >= 4 is 11.6 Å². The van der Waals surface area contributed by atoms with Crippen LogP contribution in [-0.4, -0.2) is 29.1 Å². The van der Waals surface area contributed by atoms with Gasteiger partial charge < -0.3 is 10.2 Å². The number of hydrogen-bond donors (Lipinski definition) is 1. The lowest BCUT2D eigenvalue weighted by Gasteiger charge is -2.28. The minimum atomic E-state index is 0.500. The Balaban J connectivity index is 1.55. The number of hydrogen-bond acceptors (Lipinski definition) is 4. The molecule has 0 aromatic carbocycles. The first kappa shape index (κ1) is 13.7. The molecule has 0 radical (unpaired) electrons. The Morgan fingerprint density at radius 2 is 2.05 bits per heavy atom. The molecule has 1 saturated carbocycles. The van der Waals surface area contributed by atoms with Crippen molar-refractivity contribution in [2.24, 2.45) is 5.92 Å². The zero-order valence-corrected chi connectivity index (χ0v) is 12.5. The summed E-state index contributed by atoms with van der Waals surface area (Å²) in [5.41, 5.74) is 0. The highest BCUT2D eigenvalue weighted by Gasteiger charge is 2.21. The Morgan fingerprint density at radius 1 is 1.25 bits per heavy atom. The van der Waals surface area contributed by atoms with Crippen molar-refractivity contribution < 1.29 is 0 Å². The summed E-state index contributed by atoms with van der Waals surface area (Å²) >= 11 is 0. The van der Waals surface area contributed by atoms with Gasteiger partial charge in [0.05, 0.1) is 0 Å². The number of piperidine rings is 1. The number of rotatable bonds is 6. The first-order chi connectivity index (χ1) is 9.81. The fourth-order valence-electron chi connectivity index (χ4n) is 2.94. The van der Waals surface area contributed by atoms with Gasteiger partial charge in [0.25, 0.3) is 0 Å². The van der Waals surface area contributed by atoms with E-state index in [-0.39, 0.29) is 0 Å². The summed E-state index contributed by atoms with van der Waals surface area (Å²) in [5, 5.41) is 3.53. The fourth-order valence-corrected chi connectivity index (χ4v) is 2.94. The van der Waals surface area contributed by atoms with Crippen LogP contribution in [0.25, 0.3) is 0 Å². The minimum Gasteiger partial charge on any atom is -0.367 e. The van der Waals surface area contributed by atoms with Gasteiger partial charge in [-0.2, -0.15) is 0 Å². The van der Waals surface area contributed by atoms with Gasteiger partial charge in [-0.25, -0.2) is 9.97 Å². The smallest absolute Gasteiger partial charge is 0.134 e. The van der Waals surface area contributed by atoms with Crippen LogP contribution >= 0.6 is 0 Å². The molecule has 2 fully saturated rings. The Kier molecular flexibility index (Phi) is 4.38. The summed E-state index contributed by atoms with van der Waals surface area (Å²) in [6, 6.07) is 2.61. The first-order valence-corrected chi connectivity index (χ1v) is 8.15. The van der Waals surface area contributed by atoms with E-state index in [1.54, 1.807) is 6.33 Å². The van der Waals surface area contributed by atoms with E-state index in [1.165, 1.54) is 44.9 Å². The molecule has 1 saturated heterocycles. The lowest BCUT2D eigenvalue weighted by atomic mass is 10.1. The molecular formula is C16H26N4. The van der Waals surface area contributed by atoms with E-state index >= 15 is 0 Å². The molecule has 1 N–H and O–H groups in total. The van der Waals surface area contributed by atoms with Gasteiger partial charge in [-0.15, -0.1) is 0 Å². The predicted octanol–water partition coefficient (Wildman–Crippen LogP) is 3.46. The van der Waals surface area contributed by atoms with Crippen molar-refractivity contribution in [3.05, 3.63) is 12.4 Å². The summed E-state index contributed by atoms with van der Waals surface area (Å²) in [6.45, 7) is 4.52. The average Bonchev–Trinajstić information content (AvgIpc) is 3.31. The van der Waals surface area contributed by atoms with E-state index in [0.717, 1.165) is 30.6 Å². The lowest BCUT2D eigenvalue weighted by Crippen LogP contribution is -2.30. The lowest BCUT2D eigenvalue weighted by molar-refractivity contribution is 0.573. The van der Waals surface area contributed by atoms with Gasteiger partial charge in [0.2, 0.25) is 0 Å². The van der Waals surface area contributed by atoms with E-state index in [1.807, 2.05) is 0 Å². The topological polar surface area (TPSA) is 41.0 Å². The van der Waals surface area contributed by atoms with E-state index in [2.05, 4.69) is 33.2 Å². The molecule has 1 aromatic rings. The highest BCUT2D eigenvalue weighted by molar-refractivity contribution is 5.48. The molecule has 4 heteroatoms. The summed E-state index contributed by atoms with van der Waals surface area (Å²) in [4.78, 5) is 11.2. The van der Waals surface area contributed by atoms with Crippen molar-refractivity contribution in [2.45, 2.75) is 57.9 Å². The van der Waals surface area contributed by atoms with E-state index in [4.69, 9.17) is 0 Å². The summed E-state index contributed by atoms with van der Waals surface area (Å²) in [6.07, 6.45) is 11.1. The van der Waals surface area contributed by atoms with Gasteiger partial charge in [-0.3, -0.25) is 0 Å². The Morgan fingerprint density at radius 3 is 2.80 bits per heavy atom. The number of aromatic nitrogens is 2. The molecule has 20 heavy (non-hydrogen) atoms. The molecule has 110 valence electrons. The van der Waals surface area contributed by atoms with Crippen LogP contribution < -0.4 is 10.2 Å². The molecule has 1 aliphatic heterocycles. The highest BCUT2D eigenvalue weighted by atomic mass is 15.2. The number of anilines is 2. The van der Waals surface area contributed by atoms with Crippen LogP contribution in [-0.2, 0) is 0 Å². The van der Waals surface area contributed by atoms with Gasteiger partial charge in [0, 0.05) is 25.2 Å². The maximum atomic E-state index is 4.43. The normalized spacial score (nSPS) is 20.8. The molecule has 3 rings (SSSR count). The largest absolute Gasteiger partial charge is 0.367 e. The molecule has 0 spiro atoms. The molecule has 1 unspecified atom stereocenters. The SMILES string of the molecule is CC(CCC1CC1)Nc1cc(N2CCCCC2)ncn1. The predicted molar refractivity (Wildman–Crippen MR) is 83.1 cm³/mol. The maximum absolute atomic E-state index is 4.43. The van der Waals surface area contributed by atoms with Gasteiger partial charge in [0.15, 0.2) is 0 Å². The van der Waals surface area contributed by atoms with Crippen LogP contribution in [0, 0.1) is 5.92 Å². The third kappa shape index (κ3) is 3.84. The summed E-state index contributed by atoms with van der Waals surface area (Å²) < 4.78 is 0. The van der Waals surface area contributed by atoms with Crippen LogP contribution in [0.4, 0.5) is 11.6 Å². The van der Waals surface area contributed by atoms with E-state index < -0.39 is 0 Å². The van der Waals surface area contributed by atoms with Crippen LogP contribution in [0.2, 0.25) is 0 Å². The third-order valence-electron chi connectivity index (χ3n) is 4.43. The molecule has 0 bridgehead atoms. The number of nitrogens with one attached hydrogen (secondary N) is 1. The van der Waals surface area contributed by atoms with Crippen molar-refractivity contribution in [1.29, 1.82) is 0 Å². The second-order valence-electron chi connectivity index (χ2n) is 6.38. The molecular weight excluding hydrogens is 248 g/mol. The van der Waals surface area contributed by atoms with Gasteiger partial charge in [-0.1, -0.05) is 12.8 Å². The van der Waals surface area contributed by atoms with Gasteiger partial charge in [-0.05, 0) is 44.9 Å². The quantitative estimate of drug-likeness (QED) is 0.862. The molecule has 0 amide bonds. The van der Waals surface area contributed by atoms with Crippen LogP contribution in [0.15, 0.2) is 12.4 Å². The highest BCUT2D eigenvalue weighted by Crippen LogP contribution is 2.34. The summed E-state index contributed by atoms with van der Waals surface area (Å²) in [5.74, 6) is 3.06. The first-order valence-electron chi connectivity index (χ1n) is 8.15. The van der Waals surface area contributed by atoms with Crippen LogP contribution in [0.1, 0.15) is 51.9 Å². The molecule has 1 aliphatic carbocycles. The average molecular weight is 274 g/mol. The van der Waals surface area contributed by atoms with Crippen molar-refractivity contribution in [3.8, 4) is 0 Å². The molecule has 2 heterocycles. The molecule has 1 atom stereocenters. The summed E-state index contributed by atoms with van der Waals surface area (Å²) in [7, 11) is 0. The standard InChI is InChI=1S/C16H26N4/c1-13(5-6-14-7-8-14)19-15-11-16(18-12-17-15)20-9-3-2-4-10-20/h11-14H,2-10H2,1H3,(H,17,18,19). The number of nitrogens with zero attached hydrogens (tertiary/aromatic N) is 3. The zero-order valence-electron chi connectivity index (χ0n) is 12.5. The monoisotopic (exact) mass is 274 g/mol. The van der Waals surface area contributed by atoms with Crippen molar-refractivity contribution in [3.63, 3.8) is 0 Å². The maximum Gasteiger partial charge on any atom is 0.134 e. The van der Waals surface area contributed by atoms with Crippen molar-refractivity contribution in [2.75, 3.05) is 23.3 Å². The Bertz CT molecular complexity index is 424. The van der Waals surface area contributed by atoms with Crippen LogP contribution in [0.5, 0.6) is 0 Å². The second kappa shape index (κ2) is 6.42. The van der Waals surface area contributed by atoms with E-state index in [0.29, 0.717) is 6.04 Å². The second-order valence-corrected chi connectivity index (χ2v) is 6.38. The Hall–Kier alpha value is -1.32. The third-order valence-corrected chi connectivity index (χ3v) is 4.43.